The molecule has 0 aromatic heterocycles. The van der Waals surface area contributed by atoms with Gasteiger partial charge in [0.25, 0.3) is 0 Å². The second-order valence-electron chi connectivity index (χ2n) is 5.16. The summed E-state index contributed by atoms with van der Waals surface area (Å²) in [4.78, 5) is 13.9. The number of amides is 2. The Balaban J connectivity index is 1.77. The lowest BCUT2D eigenvalue weighted by Crippen LogP contribution is -2.52. The van der Waals surface area contributed by atoms with Gasteiger partial charge in [0.2, 0.25) is 0 Å². The number of likely N-dealkylation sites (tertiary alicyclic amines) is 1. The Morgan fingerprint density at radius 2 is 1.88 bits per heavy atom. The molecule has 2 aliphatic rings. The van der Waals surface area contributed by atoms with Gasteiger partial charge in [0.05, 0.1) is 0 Å². The zero-order chi connectivity index (χ0) is 11.4. The molecule has 0 aromatic rings. The number of carbonyl (C=O) groups excluding carboxylic acids is 1. The largest absolute Gasteiger partial charge is 0.331 e. The van der Waals surface area contributed by atoms with Gasteiger partial charge in [-0.25, -0.2) is 9.80 Å². The number of piperidine rings is 2. The summed E-state index contributed by atoms with van der Waals surface area (Å²) in [5.74, 6) is 0.654. The van der Waals surface area contributed by atoms with Crippen LogP contribution in [0.25, 0.3) is 0 Å². The molecule has 0 bridgehead atoms. The molecule has 4 heteroatoms. The molecule has 16 heavy (non-hydrogen) atoms. The van der Waals surface area contributed by atoms with E-state index in [0.29, 0.717) is 5.92 Å². The predicted octanol–water partition coefficient (Wildman–Crippen LogP) is 1.83. The van der Waals surface area contributed by atoms with Crippen LogP contribution in [0.2, 0.25) is 0 Å². The normalized spacial score (nSPS) is 27.8. The third-order valence-electron chi connectivity index (χ3n) is 3.55. The third kappa shape index (κ3) is 3.11. The Morgan fingerprint density at radius 1 is 1.12 bits per heavy atom. The molecule has 2 aliphatic heterocycles. The van der Waals surface area contributed by atoms with Gasteiger partial charge in [0.15, 0.2) is 0 Å². The van der Waals surface area contributed by atoms with Crippen LogP contribution < -0.4 is 5.43 Å². The molecule has 1 atom stereocenters. The van der Waals surface area contributed by atoms with Crippen molar-refractivity contribution in [2.75, 3.05) is 26.2 Å². The van der Waals surface area contributed by atoms with Gasteiger partial charge < -0.3 is 4.90 Å². The van der Waals surface area contributed by atoms with E-state index in [-0.39, 0.29) is 6.03 Å². The molecule has 1 unspecified atom stereocenters. The van der Waals surface area contributed by atoms with E-state index in [2.05, 4.69) is 17.4 Å². The van der Waals surface area contributed by atoms with E-state index >= 15 is 0 Å². The number of nitrogens with zero attached hydrogens (tertiary/aromatic N) is 2. The minimum atomic E-state index is 0.105. The Labute approximate surface area is 97.9 Å². The maximum Gasteiger partial charge on any atom is 0.331 e. The van der Waals surface area contributed by atoms with Gasteiger partial charge in [-0.05, 0) is 31.6 Å². The topological polar surface area (TPSA) is 35.6 Å². The first-order valence-corrected chi connectivity index (χ1v) is 6.56. The third-order valence-corrected chi connectivity index (χ3v) is 3.55. The molecule has 0 aromatic carbocycles. The zero-order valence-corrected chi connectivity index (χ0v) is 10.2. The van der Waals surface area contributed by atoms with Crippen LogP contribution >= 0.6 is 0 Å². The average Bonchev–Trinajstić information content (AvgIpc) is 2.30. The highest BCUT2D eigenvalue weighted by Crippen LogP contribution is 2.15. The van der Waals surface area contributed by atoms with E-state index in [1.807, 2.05) is 4.90 Å². The highest BCUT2D eigenvalue weighted by atomic mass is 16.2. The molecule has 2 saturated heterocycles. The van der Waals surface area contributed by atoms with Crippen LogP contribution in [0.5, 0.6) is 0 Å². The monoisotopic (exact) mass is 225 g/mol. The number of hydrogen-bond donors (Lipinski definition) is 1. The smallest absolute Gasteiger partial charge is 0.323 e. The maximum atomic E-state index is 12.0. The van der Waals surface area contributed by atoms with Crippen molar-refractivity contribution >= 4 is 6.03 Å². The van der Waals surface area contributed by atoms with Gasteiger partial charge >= 0.3 is 6.03 Å². The van der Waals surface area contributed by atoms with E-state index in [9.17, 15) is 4.79 Å². The second-order valence-corrected chi connectivity index (χ2v) is 5.16. The summed E-state index contributed by atoms with van der Waals surface area (Å²) in [5, 5.41) is 2.07. The molecule has 2 amide bonds. The van der Waals surface area contributed by atoms with E-state index in [4.69, 9.17) is 0 Å². The first-order valence-electron chi connectivity index (χ1n) is 6.56. The second kappa shape index (κ2) is 5.53. The van der Waals surface area contributed by atoms with Crippen LogP contribution in [0.1, 0.15) is 39.0 Å². The summed E-state index contributed by atoms with van der Waals surface area (Å²) < 4.78 is 0. The molecule has 1 N–H and O–H groups in total. The number of rotatable bonds is 1. The van der Waals surface area contributed by atoms with Crippen molar-refractivity contribution in [1.29, 1.82) is 0 Å². The van der Waals surface area contributed by atoms with Crippen molar-refractivity contribution in [3.63, 3.8) is 0 Å². The molecule has 4 nitrogen and oxygen atoms in total. The highest BCUT2D eigenvalue weighted by molar-refractivity contribution is 5.73. The molecular weight excluding hydrogens is 202 g/mol. The zero-order valence-electron chi connectivity index (χ0n) is 10.2. The lowest BCUT2D eigenvalue weighted by Gasteiger charge is -2.34. The fourth-order valence-corrected chi connectivity index (χ4v) is 2.59. The molecule has 0 saturated carbocycles. The lowest BCUT2D eigenvalue weighted by atomic mass is 10.0. The van der Waals surface area contributed by atoms with Crippen LogP contribution in [0.4, 0.5) is 4.79 Å². The summed E-state index contributed by atoms with van der Waals surface area (Å²) >= 11 is 0. The SMILES string of the molecule is CC1CCCN(C(=O)NN2CCCCC2)C1. The fraction of sp³-hybridized carbons (Fsp3) is 0.917. The molecule has 2 fully saturated rings. The predicted molar refractivity (Wildman–Crippen MR) is 63.9 cm³/mol. The van der Waals surface area contributed by atoms with E-state index < -0.39 is 0 Å². The molecule has 2 rings (SSSR count). The average molecular weight is 225 g/mol. The highest BCUT2D eigenvalue weighted by Gasteiger charge is 2.22. The Hall–Kier alpha value is -0.770. The molecule has 92 valence electrons. The first kappa shape index (κ1) is 11.7. The minimum Gasteiger partial charge on any atom is -0.323 e. The summed E-state index contributed by atoms with van der Waals surface area (Å²) in [7, 11) is 0. The maximum absolute atomic E-state index is 12.0. The van der Waals surface area contributed by atoms with Crippen molar-refractivity contribution in [2.45, 2.75) is 39.0 Å². The number of hydrazine groups is 1. The van der Waals surface area contributed by atoms with Crippen molar-refractivity contribution in [2.24, 2.45) is 5.92 Å². The van der Waals surface area contributed by atoms with E-state index in [1.54, 1.807) is 0 Å². The van der Waals surface area contributed by atoms with Crippen molar-refractivity contribution in [1.82, 2.24) is 15.3 Å². The molecule has 0 radical (unpaired) electrons. The van der Waals surface area contributed by atoms with Gasteiger partial charge in [0.1, 0.15) is 0 Å². The van der Waals surface area contributed by atoms with Crippen molar-refractivity contribution < 1.29 is 4.79 Å². The van der Waals surface area contributed by atoms with Crippen LogP contribution in [-0.4, -0.2) is 42.1 Å². The van der Waals surface area contributed by atoms with Gasteiger partial charge in [-0.15, -0.1) is 0 Å². The van der Waals surface area contributed by atoms with Crippen LogP contribution in [0, 0.1) is 5.92 Å². The summed E-state index contributed by atoms with van der Waals surface area (Å²) in [5.41, 5.74) is 3.03. The number of urea groups is 1. The number of hydrogen-bond acceptors (Lipinski definition) is 2. The van der Waals surface area contributed by atoms with Crippen LogP contribution in [0.15, 0.2) is 0 Å². The first-order chi connectivity index (χ1) is 7.75. The van der Waals surface area contributed by atoms with Crippen LogP contribution in [0.3, 0.4) is 0 Å². The Bertz CT molecular complexity index is 238. The van der Waals surface area contributed by atoms with Gasteiger partial charge in [0, 0.05) is 26.2 Å². The van der Waals surface area contributed by atoms with Gasteiger partial charge in [-0.3, -0.25) is 5.43 Å². The standard InChI is InChI=1S/C12H23N3O/c1-11-6-5-7-14(10-11)12(16)13-15-8-3-2-4-9-15/h11H,2-10H2,1H3,(H,13,16). The number of carbonyl (C=O) groups is 1. The lowest BCUT2D eigenvalue weighted by molar-refractivity contribution is 0.117. The van der Waals surface area contributed by atoms with Crippen molar-refractivity contribution in [3.05, 3.63) is 0 Å². The van der Waals surface area contributed by atoms with E-state index in [1.165, 1.54) is 25.7 Å². The van der Waals surface area contributed by atoms with Gasteiger partial charge in [-0.2, -0.15) is 0 Å². The Morgan fingerprint density at radius 3 is 2.56 bits per heavy atom. The minimum absolute atomic E-state index is 0.105. The summed E-state index contributed by atoms with van der Waals surface area (Å²) in [6.45, 7) is 6.08. The molecule has 2 heterocycles. The fourth-order valence-electron chi connectivity index (χ4n) is 2.59. The van der Waals surface area contributed by atoms with Gasteiger partial charge in [-0.1, -0.05) is 13.3 Å². The van der Waals surface area contributed by atoms with Crippen molar-refractivity contribution in [3.8, 4) is 0 Å². The quantitative estimate of drug-likeness (QED) is 0.739. The summed E-state index contributed by atoms with van der Waals surface area (Å²) in [6, 6.07) is 0.105. The van der Waals surface area contributed by atoms with E-state index in [0.717, 1.165) is 32.6 Å². The summed E-state index contributed by atoms with van der Waals surface area (Å²) in [6.07, 6.45) is 6.11. The Kier molecular flexibility index (Phi) is 4.04. The number of nitrogens with one attached hydrogen (secondary N) is 1. The molecular formula is C12H23N3O. The molecule has 0 spiro atoms. The van der Waals surface area contributed by atoms with Crippen LogP contribution in [-0.2, 0) is 0 Å². The molecule has 0 aliphatic carbocycles.